The SMILES string of the molecule is CC(=O)NC(CC(=O)N1CCN(c2cccc(Cl)c2)CC1)c1ccc(C)cc1. The number of nitrogens with zero attached hydrogens (tertiary/aromatic N) is 2. The van der Waals surface area contributed by atoms with Crippen LogP contribution in [0.5, 0.6) is 0 Å². The molecule has 1 heterocycles. The highest BCUT2D eigenvalue weighted by atomic mass is 35.5. The van der Waals surface area contributed by atoms with Crippen molar-refractivity contribution in [3.05, 3.63) is 64.7 Å². The number of nitrogens with one attached hydrogen (secondary N) is 1. The summed E-state index contributed by atoms with van der Waals surface area (Å²) in [5, 5.41) is 3.63. The molecule has 148 valence electrons. The fourth-order valence-electron chi connectivity index (χ4n) is 3.49. The Morgan fingerprint density at radius 3 is 2.36 bits per heavy atom. The van der Waals surface area contributed by atoms with Crippen molar-refractivity contribution in [2.75, 3.05) is 31.1 Å². The van der Waals surface area contributed by atoms with E-state index in [-0.39, 0.29) is 24.3 Å². The maximum Gasteiger partial charge on any atom is 0.225 e. The Hall–Kier alpha value is -2.53. The highest BCUT2D eigenvalue weighted by Gasteiger charge is 2.25. The van der Waals surface area contributed by atoms with Crippen molar-refractivity contribution < 1.29 is 9.59 Å². The van der Waals surface area contributed by atoms with Crippen molar-refractivity contribution in [3.63, 3.8) is 0 Å². The molecule has 0 saturated carbocycles. The number of carbonyl (C=O) groups is 2. The molecule has 0 spiro atoms. The lowest BCUT2D eigenvalue weighted by Crippen LogP contribution is -2.49. The monoisotopic (exact) mass is 399 g/mol. The van der Waals surface area contributed by atoms with Gasteiger partial charge in [-0.3, -0.25) is 9.59 Å². The van der Waals surface area contributed by atoms with Crippen LogP contribution >= 0.6 is 11.6 Å². The molecule has 0 aromatic heterocycles. The summed E-state index contributed by atoms with van der Waals surface area (Å²) in [6.45, 7) is 6.35. The Morgan fingerprint density at radius 2 is 1.75 bits per heavy atom. The average Bonchev–Trinajstić information content (AvgIpc) is 2.68. The number of anilines is 1. The molecule has 1 fully saturated rings. The summed E-state index contributed by atoms with van der Waals surface area (Å²) in [7, 11) is 0. The van der Waals surface area contributed by atoms with Crippen molar-refractivity contribution in [2.24, 2.45) is 0 Å². The van der Waals surface area contributed by atoms with Gasteiger partial charge < -0.3 is 15.1 Å². The van der Waals surface area contributed by atoms with Gasteiger partial charge in [0.05, 0.1) is 12.5 Å². The van der Waals surface area contributed by atoms with Gasteiger partial charge in [-0.25, -0.2) is 0 Å². The van der Waals surface area contributed by atoms with Gasteiger partial charge in [0.1, 0.15) is 0 Å². The van der Waals surface area contributed by atoms with Crippen LogP contribution < -0.4 is 10.2 Å². The Balaban J connectivity index is 1.61. The highest BCUT2D eigenvalue weighted by Crippen LogP contribution is 2.23. The van der Waals surface area contributed by atoms with Crippen LogP contribution in [0.3, 0.4) is 0 Å². The second kappa shape index (κ2) is 9.11. The van der Waals surface area contributed by atoms with Gasteiger partial charge in [0.25, 0.3) is 0 Å². The number of hydrogen-bond donors (Lipinski definition) is 1. The zero-order valence-electron chi connectivity index (χ0n) is 16.3. The van der Waals surface area contributed by atoms with Gasteiger partial charge in [0, 0.05) is 43.8 Å². The Kier molecular flexibility index (Phi) is 6.57. The van der Waals surface area contributed by atoms with Gasteiger partial charge in [0.15, 0.2) is 0 Å². The molecular weight excluding hydrogens is 374 g/mol. The number of piperazine rings is 1. The van der Waals surface area contributed by atoms with E-state index in [9.17, 15) is 9.59 Å². The topological polar surface area (TPSA) is 52.7 Å². The lowest BCUT2D eigenvalue weighted by Gasteiger charge is -2.36. The first-order chi connectivity index (χ1) is 13.4. The zero-order valence-corrected chi connectivity index (χ0v) is 17.1. The molecule has 2 aromatic carbocycles. The molecular formula is C22H26ClN3O2. The molecule has 0 aliphatic carbocycles. The third kappa shape index (κ3) is 5.26. The fraction of sp³-hybridized carbons (Fsp3) is 0.364. The van der Waals surface area contributed by atoms with E-state index in [1.54, 1.807) is 0 Å². The first kappa shape index (κ1) is 20.2. The largest absolute Gasteiger partial charge is 0.368 e. The quantitative estimate of drug-likeness (QED) is 0.836. The van der Waals surface area contributed by atoms with E-state index in [0.29, 0.717) is 18.1 Å². The summed E-state index contributed by atoms with van der Waals surface area (Å²) >= 11 is 6.08. The van der Waals surface area contributed by atoms with E-state index in [4.69, 9.17) is 11.6 Å². The maximum absolute atomic E-state index is 12.9. The average molecular weight is 400 g/mol. The molecule has 3 rings (SSSR count). The Labute approximate surface area is 171 Å². The van der Waals surface area contributed by atoms with Crippen LogP contribution in [0, 0.1) is 6.92 Å². The molecule has 1 unspecified atom stereocenters. The van der Waals surface area contributed by atoms with Gasteiger partial charge in [-0.2, -0.15) is 0 Å². The molecule has 2 aromatic rings. The van der Waals surface area contributed by atoms with E-state index in [1.807, 2.05) is 60.4 Å². The van der Waals surface area contributed by atoms with E-state index in [2.05, 4.69) is 10.2 Å². The van der Waals surface area contributed by atoms with Gasteiger partial charge in [0.2, 0.25) is 11.8 Å². The minimum absolute atomic E-state index is 0.0602. The third-order valence-electron chi connectivity index (χ3n) is 5.04. The van der Waals surface area contributed by atoms with Crippen molar-refractivity contribution in [1.82, 2.24) is 10.2 Å². The highest BCUT2D eigenvalue weighted by molar-refractivity contribution is 6.30. The number of amides is 2. The molecule has 28 heavy (non-hydrogen) atoms. The molecule has 1 aliphatic heterocycles. The summed E-state index contributed by atoms with van der Waals surface area (Å²) in [5.41, 5.74) is 3.18. The molecule has 1 N–H and O–H groups in total. The summed E-state index contributed by atoms with van der Waals surface area (Å²) in [6, 6.07) is 15.4. The Bertz CT molecular complexity index is 830. The lowest BCUT2D eigenvalue weighted by atomic mass is 10.0. The molecule has 5 nitrogen and oxygen atoms in total. The predicted molar refractivity (Wildman–Crippen MR) is 113 cm³/mol. The predicted octanol–water partition coefficient (Wildman–Crippen LogP) is 3.56. The normalized spacial score (nSPS) is 15.2. The number of hydrogen-bond acceptors (Lipinski definition) is 3. The first-order valence-corrected chi connectivity index (χ1v) is 9.92. The number of rotatable bonds is 5. The smallest absolute Gasteiger partial charge is 0.225 e. The van der Waals surface area contributed by atoms with Crippen LogP contribution in [0.1, 0.15) is 30.5 Å². The summed E-state index contributed by atoms with van der Waals surface area (Å²) in [4.78, 5) is 28.6. The molecule has 1 atom stereocenters. The number of benzene rings is 2. The van der Waals surface area contributed by atoms with Crippen LogP contribution in [0.4, 0.5) is 5.69 Å². The van der Waals surface area contributed by atoms with Gasteiger partial charge in [-0.1, -0.05) is 47.5 Å². The molecule has 0 radical (unpaired) electrons. The zero-order chi connectivity index (χ0) is 20.1. The number of halogens is 1. The van der Waals surface area contributed by atoms with Crippen LogP contribution in [-0.2, 0) is 9.59 Å². The molecule has 0 bridgehead atoms. The van der Waals surface area contributed by atoms with Crippen molar-refractivity contribution in [3.8, 4) is 0 Å². The second-order valence-corrected chi connectivity index (χ2v) is 7.65. The van der Waals surface area contributed by atoms with Crippen LogP contribution in [0.25, 0.3) is 0 Å². The van der Waals surface area contributed by atoms with E-state index < -0.39 is 0 Å². The summed E-state index contributed by atoms with van der Waals surface area (Å²) in [5.74, 6) is -0.0748. The van der Waals surface area contributed by atoms with Gasteiger partial charge in [-0.15, -0.1) is 0 Å². The molecule has 1 aliphatic rings. The van der Waals surface area contributed by atoms with E-state index >= 15 is 0 Å². The van der Waals surface area contributed by atoms with Crippen molar-refractivity contribution in [1.29, 1.82) is 0 Å². The first-order valence-electron chi connectivity index (χ1n) is 9.54. The minimum Gasteiger partial charge on any atom is -0.368 e. The van der Waals surface area contributed by atoms with Crippen molar-refractivity contribution >= 4 is 29.1 Å². The van der Waals surface area contributed by atoms with E-state index in [0.717, 1.165) is 29.9 Å². The van der Waals surface area contributed by atoms with Crippen molar-refractivity contribution in [2.45, 2.75) is 26.3 Å². The van der Waals surface area contributed by atoms with Crippen LogP contribution in [-0.4, -0.2) is 42.9 Å². The lowest BCUT2D eigenvalue weighted by molar-refractivity contribution is -0.132. The fourth-order valence-corrected chi connectivity index (χ4v) is 3.67. The second-order valence-electron chi connectivity index (χ2n) is 7.22. The summed E-state index contributed by atoms with van der Waals surface area (Å²) < 4.78 is 0. The Morgan fingerprint density at radius 1 is 1.07 bits per heavy atom. The van der Waals surface area contributed by atoms with Gasteiger partial charge >= 0.3 is 0 Å². The molecule has 1 saturated heterocycles. The number of carbonyl (C=O) groups excluding carboxylic acids is 2. The third-order valence-corrected chi connectivity index (χ3v) is 5.28. The van der Waals surface area contributed by atoms with E-state index in [1.165, 1.54) is 6.92 Å². The van der Waals surface area contributed by atoms with Crippen LogP contribution in [0.15, 0.2) is 48.5 Å². The minimum atomic E-state index is -0.309. The maximum atomic E-state index is 12.9. The van der Waals surface area contributed by atoms with Crippen LogP contribution in [0.2, 0.25) is 5.02 Å². The summed E-state index contributed by atoms with van der Waals surface area (Å²) in [6.07, 6.45) is 0.264. The molecule has 6 heteroatoms. The number of aryl methyl sites for hydroxylation is 1. The molecule has 2 amide bonds. The van der Waals surface area contributed by atoms with Gasteiger partial charge in [-0.05, 0) is 30.7 Å². The standard InChI is InChI=1S/C22H26ClN3O2/c1-16-6-8-18(9-7-16)21(24-17(2)27)15-22(28)26-12-10-25(11-13-26)20-5-3-4-19(23)14-20/h3-9,14,21H,10-13,15H2,1-2H3,(H,24,27).